The van der Waals surface area contributed by atoms with Crippen molar-refractivity contribution in [2.75, 3.05) is 4.90 Å². The van der Waals surface area contributed by atoms with Crippen LogP contribution in [0.25, 0.3) is 98.8 Å². The Kier molecular flexibility index (Phi) is 7.20. The van der Waals surface area contributed by atoms with Gasteiger partial charge in [0.15, 0.2) is 0 Å². The lowest BCUT2D eigenvalue weighted by atomic mass is 9.94. The summed E-state index contributed by atoms with van der Waals surface area (Å²) in [4.78, 5) is 13.9. The Morgan fingerprint density at radius 3 is 0.828 bits per heavy atom. The smallest absolute Gasteiger partial charge is 0.0545 e. The largest absolute Gasteiger partial charge is 0.354 e. The zero-order valence-corrected chi connectivity index (χ0v) is 31.5. The van der Waals surface area contributed by atoms with Gasteiger partial charge in [0.2, 0.25) is 0 Å². The van der Waals surface area contributed by atoms with E-state index in [1.165, 1.54) is 32.3 Å². The molecule has 0 radical (unpaired) electrons. The number of nitrogens with zero attached hydrogens (tertiary/aromatic N) is 1. The number of anilines is 3. The number of hydrogen-bond donors (Lipinski definition) is 3. The topological polar surface area (TPSA) is 50.6 Å². The first kappa shape index (κ1) is 32.4. The molecule has 0 saturated heterocycles. The van der Waals surface area contributed by atoms with Crippen molar-refractivity contribution in [3.63, 3.8) is 0 Å². The molecule has 0 fully saturated rings. The van der Waals surface area contributed by atoms with Crippen LogP contribution in [-0.4, -0.2) is 15.0 Å². The van der Waals surface area contributed by atoms with E-state index in [0.717, 1.165) is 83.5 Å². The number of nitrogens with one attached hydrogen (secondary N) is 3. The van der Waals surface area contributed by atoms with E-state index in [9.17, 15) is 0 Å². The second-order valence-electron chi connectivity index (χ2n) is 15.1. The number of hydrogen-bond acceptors (Lipinski definition) is 1. The molecular weight excluding hydrogens is 705 g/mol. The molecule has 4 nitrogen and oxygen atoms in total. The maximum atomic E-state index is 3.80. The number of para-hydroxylation sites is 9. The monoisotopic (exact) mass is 740 g/mol. The highest BCUT2D eigenvalue weighted by Gasteiger charge is 2.25. The Morgan fingerprint density at radius 1 is 0.224 bits per heavy atom. The molecule has 12 aromatic rings. The summed E-state index contributed by atoms with van der Waals surface area (Å²) in [6.07, 6.45) is 0. The highest BCUT2D eigenvalue weighted by molar-refractivity contribution is 6.16. The van der Waals surface area contributed by atoms with Gasteiger partial charge in [0.25, 0.3) is 0 Å². The Labute approximate surface area is 334 Å². The van der Waals surface area contributed by atoms with Crippen molar-refractivity contribution in [2.45, 2.75) is 0 Å². The molecule has 0 aliphatic heterocycles. The van der Waals surface area contributed by atoms with Gasteiger partial charge in [0, 0.05) is 82.2 Å². The normalized spacial score (nSPS) is 11.8. The summed E-state index contributed by atoms with van der Waals surface area (Å²) in [5.74, 6) is 0. The molecule has 0 unspecified atom stereocenters. The highest BCUT2D eigenvalue weighted by Crippen LogP contribution is 2.50. The second kappa shape index (κ2) is 12.9. The van der Waals surface area contributed by atoms with E-state index >= 15 is 0 Å². The van der Waals surface area contributed by atoms with E-state index < -0.39 is 0 Å². The van der Waals surface area contributed by atoms with Crippen molar-refractivity contribution < 1.29 is 0 Å². The first-order chi connectivity index (χ1) is 28.8. The molecular formula is C54H36N4. The molecule has 3 heterocycles. The van der Waals surface area contributed by atoms with Crippen LogP contribution in [0.3, 0.4) is 0 Å². The van der Waals surface area contributed by atoms with Gasteiger partial charge < -0.3 is 19.9 Å². The summed E-state index contributed by atoms with van der Waals surface area (Å²) in [6.45, 7) is 0. The quantitative estimate of drug-likeness (QED) is 0.156. The lowest BCUT2D eigenvalue weighted by Crippen LogP contribution is -2.13. The standard InChI is InChI=1S/C54H36N4/c1-7-28-46-34(16-1)40-22-13-25-43(52(40)55-46)37-19-4-10-31-49(37)58(50-32-11-5-20-38(50)44-26-14-23-41-35-17-2-8-29-47(35)56-53(41)44)51-33-12-6-21-39(51)45-27-15-24-42-36-18-3-9-30-48(36)57-54(42)45/h1-33,55-57H. The van der Waals surface area contributed by atoms with Crippen molar-refractivity contribution >= 4 is 82.5 Å². The fourth-order valence-electron chi connectivity index (χ4n) is 9.37. The first-order valence-electron chi connectivity index (χ1n) is 19.9. The number of aromatic nitrogens is 3. The molecule has 0 atom stereocenters. The summed E-state index contributed by atoms with van der Waals surface area (Å²) < 4.78 is 0. The minimum Gasteiger partial charge on any atom is -0.354 e. The van der Waals surface area contributed by atoms with Crippen LogP contribution in [0, 0.1) is 0 Å². The van der Waals surface area contributed by atoms with Crippen LogP contribution in [0.15, 0.2) is 200 Å². The fraction of sp³-hybridized carbons (Fsp3) is 0. The average Bonchev–Trinajstić information content (AvgIpc) is 3.99. The third-order valence-electron chi connectivity index (χ3n) is 11.9. The molecule has 9 aromatic carbocycles. The first-order valence-corrected chi connectivity index (χ1v) is 19.9. The van der Waals surface area contributed by atoms with Gasteiger partial charge in [-0.3, -0.25) is 0 Å². The predicted molar refractivity (Wildman–Crippen MR) is 246 cm³/mol. The lowest BCUT2D eigenvalue weighted by molar-refractivity contribution is 1.28. The van der Waals surface area contributed by atoms with Crippen molar-refractivity contribution in [3.8, 4) is 33.4 Å². The van der Waals surface area contributed by atoms with Crippen molar-refractivity contribution in [1.82, 2.24) is 15.0 Å². The predicted octanol–water partition coefficient (Wildman–Crippen LogP) is 15.1. The average molecular weight is 741 g/mol. The Morgan fingerprint density at radius 2 is 0.483 bits per heavy atom. The van der Waals surface area contributed by atoms with Crippen LogP contribution >= 0.6 is 0 Å². The van der Waals surface area contributed by atoms with Gasteiger partial charge in [-0.05, 0) is 36.4 Å². The van der Waals surface area contributed by atoms with Gasteiger partial charge in [-0.15, -0.1) is 0 Å². The maximum Gasteiger partial charge on any atom is 0.0545 e. The zero-order chi connectivity index (χ0) is 38.2. The second-order valence-corrected chi connectivity index (χ2v) is 15.1. The molecule has 0 bridgehead atoms. The maximum absolute atomic E-state index is 3.80. The molecule has 3 N–H and O–H groups in total. The summed E-state index contributed by atoms with van der Waals surface area (Å²) in [6, 6.07) is 72.4. The van der Waals surface area contributed by atoms with E-state index in [0.29, 0.717) is 0 Å². The van der Waals surface area contributed by atoms with Gasteiger partial charge >= 0.3 is 0 Å². The molecule has 0 amide bonds. The van der Waals surface area contributed by atoms with Crippen molar-refractivity contribution in [1.29, 1.82) is 0 Å². The Balaban J connectivity index is 1.17. The highest BCUT2D eigenvalue weighted by atomic mass is 15.2. The van der Waals surface area contributed by atoms with Crippen LogP contribution in [-0.2, 0) is 0 Å². The molecule has 12 rings (SSSR count). The molecule has 272 valence electrons. The Hall–Kier alpha value is -7.82. The number of rotatable bonds is 6. The van der Waals surface area contributed by atoms with Crippen LogP contribution < -0.4 is 4.90 Å². The summed E-state index contributed by atoms with van der Waals surface area (Å²) in [7, 11) is 0. The summed E-state index contributed by atoms with van der Waals surface area (Å²) in [5, 5.41) is 7.32. The minimum atomic E-state index is 1.08. The van der Waals surface area contributed by atoms with E-state index in [1.807, 2.05) is 0 Å². The molecule has 0 aliphatic rings. The molecule has 0 aliphatic carbocycles. The van der Waals surface area contributed by atoms with Crippen LogP contribution in [0.2, 0.25) is 0 Å². The molecule has 0 saturated carbocycles. The van der Waals surface area contributed by atoms with Crippen LogP contribution in [0.4, 0.5) is 17.1 Å². The SMILES string of the molecule is c1ccc(N(c2ccccc2-c2cccc3c2[nH]c2ccccc23)c2ccccc2-c2cccc3c2[nH]c2ccccc23)c(-c2cccc3c2[nH]c2ccccc23)c1. The van der Waals surface area contributed by atoms with Gasteiger partial charge in [-0.1, -0.05) is 164 Å². The lowest BCUT2D eigenvalue weighted by Gasteiger charge is -2.31. The van der Waals surface area contributed by atoms with Gasteiger partial charge in [0.05, 0.1) is 33.6 Å². The fourth-order valence-corrected chi connectivity index (χ4v) is 9.37. The van der Waals surface area contributed by atoms with Gasteiger partial charge in [0.1, 0.15) is 0 Å². The van der Waals surface area contributed by atoms with E-state index in [4.69, 9.17) is 0 Å². The summed E-state index contributed by atoms with van der Waals surface area (Å²) in [5.41, 5.74) is 16.9. The minimum absolute atomic E-state index is 1.08. The zero-order valence-electron chi connectivity index (χ0n) is 31.5. The summed E-state index contributed by atoms with van der Waals surface area (Å²) >= 11 is 0. The van der Waals surface area contributed by atoms with Crippen molar-refractivity contribution in [2.24, 2.45) is 0 Å². The molecule has 0 spiro atoms. The number of benzene rings is 9. The van der Waals surface area contributed by atoms with Gasteiger partial charge in [-0.25, -0.2) is 0 Å². The van der Waals surface area contributed by atoms with E-state index in [-0.39, 0.29) is 0 Å². The van der Waals surface area contributed by atoms with E-state index in [1.54, 1.807) is 0 Å². The number of H-pyrrole nitrogens is 3. The number of fused-ring (bicyclic) bond motifs is 9. The number of aromatic amines is 3. The third kappa shape index (κ3) is 4.88. The molecule has 58 heavy (non-hydrogen) atoms. The van der Waals surface area contributed by atoms with Crippen LogP contribution in [0.5, 0.6) is 0 Å². The Bertz CT molecular complexity index is 3170. The molecule has 3 aromatic heterocycles. The molecule has 4 heteroatoms. The van der Waals surface area contributed by atoms with E-state index in [2.05, 4.69) is 220 Å². The van der Waals surface area contributed by atoms with Crippen molar-refractivity contribution in [3.05, 3.63) is 200 Å². The van der Waals surface area contributed by atoms with Gasteiger partial charge in [-0.2, -0.15) is 0 Å². The third-order valence-corrected chi connectivity index (χ3v) is 11.9. The van der Waals surface area contributed by atoms with Crippen LogP contribution in [0.1, 0.15) is 0 Å².